The van der Waals surface area contributed by atoms with Gasteiger partial charge in [-0.1, -0.05) is 13.0 Å². The third-order valence-electron chi connectivity index (χ3n) is 2.67. The second kappa shape index (κ2) is 6.00. The van der Waals surface area contributed by atoms with Gasteiger partial charge in [-0.2, -0.15) is 0 Å². The van der Waals surface area contributed by atoms with E-state index in [1.165, 1.54) is 6.07 Å². The number of aromatic carboxylic acids is 1. The van der Waals surface area contributed by atoms with Crippen molar-refractivity contribution in [3.8, 4) is 5.75 Å². The van der Waals surface area contributed by atoms with Crippen molar-refractivity contribution in [2.75, 3.05) is 0 Å². The Morgan fingerprint density at radius 3 is 2.65 bits per heavy atom. The molecular formula is C14H12F2O3S. The predicted octanol–water partition coefficient (Wildman–Crippen LogP) is 3.87. The maximum absolute atomic E-state index is 13.0. The van der Waals surface area contributed by atoms with E-state index in [9.17, 15) is 13.6 Å². The summed E-state index contributed by atoms with van der Waals surface area (Å²) in [7, 11) is 0. The minimum Gasteiger partial charge on any atom is -0.487 e. The highest BCUT2D eigenvalue weighted by Crippen LogP contribution is 2.30. The van der Waals surface area contributed by atoms with E-state index in [0.717, 1.165) is 28.3 Å². The topological polar surface area (TPSA) is 46.5 Å². The fourth-order valence-electron chi connectivity index (χ4n) is 1.64. The molecule has 0 aliphatic heterocycles. The van der Waals surface area contributed by atoms with Crippen molar-refractivity contribution in [1.82, 2.24) is 0 Å². The first-order valence-corrected chi connectivity index (χ1v) is 6.75. The van der Waals surface area contributed by atoms with Crippen molar-refractivity contribution in [2.45, 2.75) is 20.0 Å². The van der Waals surface area contributed by atoms with Gasteiger partial charge in [-0.05, 0) is 30.2 Å². The van der Waals surface area contributed by atoms with Crippen LogP contribution in [0.2, 0.25) is 0 Å². The fourth-order valence-corrected chi connectivity index (χ4v) is 2.52. The number of halogens is 2. The number of hydrogen-bond acceptors (Lipinski definition) is 3. The van der Waals surface area contributed by atoms with Crippen molar-refractivity contribution in [1.29, 1.82) is 0 Å². The molecule has 2 aromatic rings. The van der Waals surface area contributed by atoms with Gasteiger partial charge >= 0.3 is 5.97 Å². The Morgan fingerprint density at radius 2 is 2.05 bits per heavy atom. The molecule has 0 unspecified atom stereocenters. The maximum atomic E-state index is 13.0. The van der Waals surface area contributed by atoms with Crippen LogP contribution in [0, 0.1) is 11.6 Å². The van der Waals surface area contributed by atoms with Crippen molar-refractivity contribution >= 4 is 17.3 Å². The minimum absolute atomic E-state index is 0.0165. The molecule has 1 aromatic carbocycles. The number of ether oxygens (including phenoxy) is 1. The van der Waals surface area contributed by atoms with Crippen LogP contribution in [0.3, 0.4) is 0 Å². The number of rotatable bonds is 5. The Balaban J connectivity index is 2.15. The Kier molecular flexibility index (Phi) is 4.34. The van der Waals surface area contributed by atoms with Crippen LogP contribution in [-0.2, 0) is 13.0 Å². The molecule has 0 saturated heterocycles. The molecule has 0 aliphatic carbocycles. The van der Waals surface area contributed by atoms with Crippen LogP contribution in [0.15, 0.2) is 24.3 Å². The zero-order valence-electron chi connectivity index (χ0n) is 10.7. The smallest absolute Gasteiger partial charge is 0.349 e. The predicted molar refractivity (Wildman–Crippen MR) is 71.3 cm³/mol. The quantitative estimate of drug-likeness (QED) is 0.911. The van der Waals surface area contributed by atoms with E-state index in [0.29, 0.717) is 12.0 Å². The molecule has 6 heteroatoms. The molecule has 1 N–H and O–H groups in total. The highest BCUT2D eigenvalue weighted by Gasteiger charge is 2.16. The number of hydrogen-bond donors (Lipinski definition) is 1. The number of carbonyl (C=O) groups is 1. The van der Waals surface area contributed by atoms with E-state index >= 15 is 0 Å². The lowest BCUT2D eigenvalue weighted by molar-refractivity contribution is 0.0697. The van der Waals surface area contributed by atoms with Gasteiger partial charge in [0.05, 0.1) is 0 Å². The second-order valence-corrected chi connectivity index (χ2v) is 5.24. The molecule has 0 aliphatic rings. The van der Waals surface area contributed by atoms with Crippen molar-refractivity contribution in [2.24, 2.45) is 0 Å². The molecule has 3 nitrogen and oxygen atoms in total. The van der Waals surface area contributed by atoms with Crippen LogP contribution < -0.4 is 4.74 Å². The van der Waals surface area contributed by atoms with E-state index in [2.05, 4.69) is 0 Å². The first-order valence-electron chi connectivity index (χ1n) is 5.94. The van der Waals surface area contributed by atoms with Gasteiger partial charge in [0.1, 0.15) is 12.4 Å². The molecule has 1 aromatic heterocycles. The summed E-state index contributed by atoms with van der Waals surface area (Å²) in [5.41, 5.74) is 0.435. The molecule has 20 heavy (non-hydrogen) atoms. The monoisotopic (exact) mass is 298 g/mol. The lowest BCUT2D eigenvalue weighted by atomic mass is 10.2. The molecule has 0 atom stereocenters. The van der Waals surface area contributed by atoms with Gasteiger partial charge in [-0.15, -0.1) is 11.3 Å². The van der Waals surface area contributed by atoms with Crippen molar-refractivity contribution < 1.29 is 23.4 Å². The lowest BCUT2D eigenvalue weighted by Crippen LogP contribution is -2.00. The number of carboxylic acid groups (broad SMARTS) is 1. The van der Waals surface area contributed by atoms with Crippen LogP contribution in [-0.4, -0.2) is 11.1 Å². The molecule has 0 bridgehead atoms. The van der Waals surface area contributed by atoms with E-state index < -0.39 is 17.6 Å². The Bertz CT molecular complexity index is 637. The van der Waals surface area contributed by atoms with E-state index in [4.69, 9.17) is 9.84 Å². The number of thiophene rings is 1. The standard InChI is InChI=1S/C14H12F2O3S/c1-2-9-6-12(13(20-9)14(17)18)19-7-8-3-4-10(15)11(16)5-8/h3-6H,2,7H2,1H3,(H,17,18). The summed E-state index contributed by atoms with van der Waals surface area (Å²) in [5.74, 6) is -2.69. The van der Waals surface area contributed by atoms with Gasteiger partial charge in [-0.25, -0.2) is 13.6 Å². The van der Waals surface area contributed by atoms with Gasteiger partial charge in [0.25, 0.3) is 0 Å². The molecule has 2 rings (SSSR count). The fraction of sp³-hybridized carbons (Fsp3) is 0.214. The summed E-state index contributed by atoms with van der Waals surface area (Å²) in [6.07, 6.45) is 0.708. The molecule has 0 saturated carbocycles. The number of aryl methyl sites for hydroxylation is 1. The number of carboxylic acids is 1. The van der Waals surface area contributed by atoms with Gasteiger partial charge in [-0.3, -0.25) is 0 Å². The van der Waals surface area contributed by atoms with Gasteiger partial charge < -0.3 is 9.84 Å². The van der Waals surface area contributed by atoms with E-state index in [1.807, 2.05) is 6.92 Å². The Labute approximate surface area is 118 Å². The average Bonchev–Trinajstić information content (AvgIpc) is 2.84. The molecular weight excluding hydrogens is 286 g/mol. The van der Waals surface area contributed by atoms with Gasteiger partial charge in [0.2, 0.25) is 0 Å². The van der Waals surface area contributed by atoms with Crippen LogP contribution >= 0.6 is 11.3 Å². The number of benzene rings is 1. The molecule has 0 amide bonds. The molecule has 1 heterocycles. The Morgan fingerprint density at radius 1 is 1.30 bits per heavy atom. The summed E-state index contributed by atoms with van der Waals surface area (Å²) in [6.45, 7) is 1.90. The van der Waals surface area contributed by atoms with E-state index in [1.54, 1.807) is 6.07 Å². The molecule has 0 spiro atoms. The minimum atomic E-state index is -1.06. The molecule has 106 valence electrons. The average molecular weight is 298 g/mol. The summed E-state index contributed by atoms with van der Waals surface area (Å²) in [5, 5.41) is 9.07. The van der Waals surface area contributed by atoms with Crippen molar-refractivity contribution in [3.63, 3.8) is 0 Å². The highest BCUT2D eigenvalue weighted by molar-refractivity contribution is 7.14. The summed E-state index contributed by atoms with van der Waals surface area (Å²) >= 11 is 1.15. The Hall–Kier alpha value is -1.95. The summed E-state index contributed by atoms with van der Waals surface area (Å²) in [4.78, 5) is 12.1. The van der Waals surface area contributed by atoms with E-state index in [-0.39, 0.29) is 17.2 Å². The summed E-state index contributed by atoms with van der Waals surface area (Å²) < 4.78 is 31.2. The second-order valence-electron chi connectivity index (χ2n) is 4.10. The van der Waals surface area contributed by atoms with Gasteiger partial charge in [0, 0.05) is 4.88 Å². The highest BCUT2D eigenvalue weighted by atomic mass is 32.1. The third-order valence-corrected chi connectivity index (χ3v) is 3.92. The van der Waals surface area contributed by atoms with Crippen LogP contribution in [0.4, 0.5) is 8.78 Å². The molecule has 0 radical (unpaired) electrons. The van der Waals surface area contributed by atoms with Crippen LogP contribution in [0.5, 0.6) is 5.75 Å². The largest absolute Gasteiger partial charge is 0.487 e. The normalized spacial score (nSPS) is 10.6. The first kappa shape index (κ1) is 14.5. The van der Waals surface area contributed by atoms with Gasteiger partial charge in [0.15, 0.2) is 16.5 Å². The summed E-state index contributed by atoms with van der Waals surface area (Å²) in [6, 6.07) is 5.10. The lowest BCUT2D eigenvalue weighted by Gasteiger charge is -2.05. The third kappa shape index (κ3) is 3.14. The zero-order chi connectivity index (χ0) is 14.7. The SMILES string of the molecule is CCc1cc(OCc2ccc(F)c(F)c2)c(C(=O)O)s1. The first-order chi connectivity index (χ1) is 9.51. The maximum Gasteiger partial charge on any atom is 0.349 e. The van der Waals surface area contributed by atoms with Crippen LogP contribution in [0.1, 0.15) is 27.0 Å². The van der Waals surface area contributed by atoms with Crippen molar-refractivity contribution in [3.05, 3.63) is 51.2 Å². The zero-order valence-corrected chi connectivity index (χ0v) is 11.5. The van der Waals surface area contributed by atoms with Crippen LogP contribution in [0.25, 0.3) is 0 Å². The molecule has 0 fully saturated rings.